The highest BCUT2D eigenvalue weighted by Crippen LogP contribution is 2.31. The molecule has 2 heterocycles. The molecule has 0 radical (unpaired) electrons. The van der Waals surface area contributed by atoms with Crippen molar-refractivity contribution in [1.82, 2.24) is 4.31 Å². The van der Waals surface area contributed by atoms with Crippen molar-refractivity contribution in [3.05, 3.63) is 45.5 Å². The molecule has 0 spiro atoms. The topological polar surface area (TPSA) is 66.5 Å². The first-order valence-corrected chi connectivity index (χ1v) is 11.1. The third-order valence-electron chi connectivity index (χ3n) is 4.35. The number of rotatable bonds is 4. The van der Waals surface area contributed by atoms with Crippen molar-refractivity contribution < 1.29 is 17.6 Å². The molecule has 1 N–H and O–H groups in total. The summed E-state index contributed by atoms with van der Waals surface area (Å²) in [5.41, 5.74) is 1.01. The highest BCUT2D eigenvalue weighted by Gasteiger charge is 2.33. The number of sulfonamides is 1. The largest absolute Gasteiger partial charge is 0.323 e. The summed E-state index contributed by atoms with van der Waals surface area (Å²) in [5, 5.41) is 2.62. The van der Waals surface area contributed by atoms with E-state index in [1.165, 1.54) is 21.7 Å². The van der Waals surface area contributed by atoms with E-state index in [9.17, 15) is 17.6 Å². The van der Waals surface area contributed by atoms with Crippen molar-refractivity contribution in [3.63, 3.8) is 0 Å². The molecule has 0 unspecified atom stereocenters. The molecule has 2 aromatic rings. The molecule has 1 fully saturated rings. The predicted molar refractivity (Wildman–Crippen MR) is 103 cm³/mol. The number of piperidine rings is 1. The number of nitrogens with zero attached hydrogens (tertiary/aromatic N) is 1. The maximum Gasteiger partial charge on any atom is 0.252 e. The van der Waals surface area contributed by atoms with Crippen molar-refractivity contribution in [2.75, 3.05) is 18.4 Å². The van der Waals surface area contributed by atoms with Crippen molar-refractivity contribution in [2.45, 2.75) is 24.0 Å². The number of carbonyl (C=O) groups excluding carboxylic acids is 1. The summed E-state index contributed by atoms with van der Waals surface area (Å²) in [4.78, 5) is 12.4. The maximum atomic E-state index is 13.8. The van der Waals surface area contributed by atoms with Crippen LogP contribution in [-0.4, -0.2) is 31.7 Å². The molecule has 1 aromatic carbocycles. The molecule has 5 nitrogen and oxygen atoms in total. The molecule has 140 valence electrons. The van der Waals surface area contributed by atoms with Gasteiger partial charge in [-0.3, -0.25) is 4.79 Å². The Morgan fingerprint density at radius 2 is 1.96 bits per heavy atom. The van der Waals surface area contributed by atoms with Crippen LogP contribution >= 0.6 is 27.3 Å². The van der Waals surface area contributed by atoms with Crippen LogP contribution in [0.5, 0.6) is 0 Å². The summed E-state index contributed by atoms with van der Waals surface area (Å²) in [5.74, 6) is -1.09. The fraction of sp³-hybridized carbons (Fsp3) is 0.353. The van der Waals surface area contributed by atoms with Crippen LogP contribution in [0.1, 0.15) is 18.4 Å². The lowest BCUT2D eigenvalue weighted by Gasteiger charge is -2.30. The first-order chi connectivity index (χ1) is 12.3. The number of hydrogen-bond donors (Lipinski definition) is 1. The van der Waals surface area contributed by atoms with E-state index in [2.05, 4.69) is 21.2 Å². The SMILES string of the molecule is Cc1ccc(F)c(NC(=O)C2CCN(S(=O)(=O)c3ccc(Br)s3)CC2)c1. The van der Waals surface area contributed by atoms with Gasteiger partial charge in [0.1, 0.15) is 10.0 Å². The van der Waals surface area contributed by atoms with Gasteiger partial charge in [0.25, 0.3) is 10.0 Å². The van der Waals surface area contributed by atoms with Crippen molar-refractivity contribution in [2.24, 2.45) is 5.92 Å². The molecule has 1 aromatic heterocycles. The minimum Gasteiger partial charge on any atom is -0.323 e. The second kappa shape index (κ2) is 7.75. The molecule has 26 heavy (non-hydrogen) atoms. The quantitative estimate of drug-likeness (QED) is 0.749. The maximum absolute atomic E-state index is 13.8. The van der Waals surface area contributed by atoms with Crippen molar-refractivity contribution >= 4 is 48.9 Å². The first kappa shape index (κ1) is 19.5. The van der Waals surface area contributed by atoms with Crippen LogP contribution < -0.4 is 5.32 Å². The molecule has 0 saturated carbocycles. The Kier molecular flexibility index (Phi) is 5.81. The molecule has 0 aliphatic carbocycles. The van der Waals surface area contributed by atoms with Crippen LogP contribution in [0.2, 0.25) is 0 Å². The Morgan fingerprint density at radius 1 is 1.27 bits per heavy atom. The molecule has 1 aliphatic heterocycles. The van der Waals surface area contributed by atoms with Gasteiger partial charge in [0, 0.05) is 19.0 Å². The van der Waals surface area contributed by atoms with Crippen LogP contribution in [0.15, 0.2) is 38.3 Å². The number of amides is 1. The smallest absolute Gasteiger partial charge is 0.252 e. The molecule has 1 amide bonds. The average molecular weight is 461 g/mol. The van der Waals surface area contributed by atoms with E-state index in [0.717, 1.165) is 9.35 Å². The lowest BCUT2D eigenvalue weighted by atomic mass is 9.97. The number of aryl methyl sites for hydroxylation is 1. The van der Waals surface area contributed by atoms with E-state index < -0.39 is 15.8 Å². The second-order valence-electron chi connectivity index (χ2n) is 6.21. The Balaban J connectivity index is 1.63. The van der Waals surface area contributed by atoms with Gasteiger partial charge in [-0.15, -0.1) is 11.3 Å². The zero-order chi connectivity index (χ0) is 18.9. The number of benzene rings is 1. The number of hydrogen-bond acceptors (Lipinski definition) is 4. The van der Waals surface area contributed by atoms with Gasteiger partial charge in [0.15, 0.2) is 0 Å². The fourth-order valence-corrected chi connectivity index (χ4v) is 6.53. The van der Waals surface area contributed by atoms with E-state index in [0.29, 0.717) is 12.8 Å². The van der Waals surface area contributed by atoms with Gasteiger partial charge >= 0.3 is 0 Å². The third kappa shape index (κ3) is 4.16. The van der Waals surface area contributed by atoms with Crippen molar-refractivity contribution in [3.8, 4) is 0 Å². The van der Waals surface area contributed by atoms with Crippen LogP contribution in [-0.2, 0) is 14.8 Å². The average Bonchev–Trinajstić information content (AvgIpc) is 3.05. The number of anilines is 1. The van der Waals surface area contributed by atoms with Gasteiger partial charge in [-0.1, -0.05) is 6.07 Å². The predicted octanol–water partition coefficient (Wildman–Crippen LogP) is 4.00. The molecule has 1 aliphatic rings. The third-order valence-corrected chi connectivity index (χ3v) is 8.34. The minimum absolute atomic E-state index is 0.161. The van der Waals surface area contributed by atoms with E-state index in [1.54, 1.807) is 24.3 Å². The number of halogens is 2. The molecule has 9 heteroatoms. The van der Waals surface area contributed by atoms with Crippen LogP contribution in [0.4, 0.5) is 10.1 Å². The van der Waals surface area contributed by atoms with Crippen LogP contribution in [0, 0.1) is 18.7 Å². The van der Waals surface area contributed by atoms with Gasteiger partial charge in [-0.25, -0.2) is 12.8 Å². The van der Waals surface area contributed by atoms with E-state index >= 15 is 0 Å². The lowest BCUT2D eigenvalue weighted by Crippen LogP contribution is -2.41. The summed E-state index contributed by atoms with van der Waals surface area (Å²) in [7, 11) is -3.53. The first-order valence-electron chi connectivity index (χ1n) is 8.10. The monoisotopic (exact) mass is 460 g/mol. The molecular formula is C17H18BrFN2O3S2. The zero-order valence-corrected chi connectivity index (χ0v) is 17.3. The van der Waals surface area contributed by atoms with E-state index in [-0.39, 0.29) is 34.8 Å². The molecule has 3 rings (SSSR count). The van der Waals surface area contributed by atoms with E-state index in [1.807, 2.05) is 6.92 Å². The highest BCUT2D eigenvalue weighted by molar-refractivity contribution is 9.11. The summed E-state index contributed by atoms with van der Waals surface area (Å²) >= 11 is 4.44. The van der Waals surface area contributed by atoms with Gasteiger partial charge < -0.3 is 5.32 Å². The molecule has 1 saturated heterocycles. The number of thiophene rings is 1. The Labute approximate surface area is 164 Å². The highest BCUT2D eigenvalue weighted by atomic mass is 79.9. The Bertz CT molecular complexity index is 922. The Morgan fingerprint density at radius 3 is 2.58 bits per heavy atom. The summed E-state index contributed by atoms with van der Waals surface area (Å²) < 4.78 is 41.5. The lowest BCUT2D eigenvalue weighted by molar-refractivity contribution is -0.120. The fourth-order valence-electron chi connectivity index (χ4n) is 2.89. The van der Waals surface area contributed by atoms with Crippen molar-refractivity contribution in [1.29, 1.82) is 0 Å². The Hall–Kier alpha value is -1.29. The summed E-state index contributed by atoms with van der Waals surface area (Å²) in [6.45, 7) is 2.36. The summed E-state index contributed by atoms with van der Waals surface area (Å²) in [6, 6.07) is 7.82. The van der Waals surface area contributed by atoms with Gasteiger partial charge in [-0.2, -0.15) is 4.31 Å². The number of nitrogens with one attached hydrogen (secondary N) is 1. The standard InChI is InChI=1S/C17H18BrFN2O3S2/c1-11-2-3-13(19)14(10-11)20-17(22)12-6-8-21(9-7-12)26(23,24)16-5-4-15(18)25-16/h2-5,10,12H,6-9H2,1H3,(H,20,22). The van der Waals surface area contributed by atoms with Gasteiger partial charge in [0.05, 0.1) is 9.47 Å². The molecule has 0 atom stereocenters. The molecule has 0 bridgehead atoms. The minimum atomic E-state index is -3.53. The van der Waals surface area contributed by atoms with Gasteiger partial charge in [0.2, 0.25) is 5.91 Å². The van der Waals surface area contributed by atoms with Crippen LogP contribution in [0.3, 0.4) is 0 Å². The van der Waals surface area contributed by atoms with E-state index in [4.69, 9.17) is 0 Å². The summed E-state index contributed by atoms with van der Waals surface area (Å²) in [6.07, 6.45) is 0.816. The number of carbonyl (C=O) groups is 1. The zero-order valence-electron chi connectivity index (χ0n) is 14.0. The molecular weight excluding hydrogens is 443 g/mol. The second-order valence-corrected chi connectivity index (χ2v) is 10.8. The van der Waals surface area contributed by atoms with Gasteiger partial charge in [-0.05, 0) is 65.5 Å². The van der Waals surface area contributed by atoms with Crippen LogP contribution in [0.25, 0.3) is 0 Å². The normalized spacial score (nSPS) is 16.6.